The van der Waals surface area contributed by atoms with Crippen LogP contribution >= 0.6 is 0 Å². The van der Waals surface area contributed by atoms with Crippen LogP contribution in [0.4, 0.5) is 0 Å². The normalized spacial score (nSPS) is 28.1. The molecule has 1 aliphatic carbocycles. The zero-order chi connectivity index (χ0) is 18.7. The minimum atomic E-state index is 0.0151. The van der Waals surface area contributed by atoms with Crippen LogP contribution in [0.15, 0.2) is 0 Å². The molecule has 2 fully saturated rings. The molecule has 1 aliphatic heterocycles. The van der Waals surface area contributed by atoms with Crippen molar-refractivity contribution in [2.45, 2.75) is 123 Å². The smallest absolute Gasteiger partial charge is 0.0689 e. The van der Waals surface area contributed by atoms with Gasteiger partial charge in [-0.3, -0.25) is 0 Å². The van der Waals surface area contributed by atoms with E-state index in [0.717, 1.165) is 31.2 Å². The highest BCUT2D eigenvalue weighted by Gasteiger charge is 2.37. The largest absolute Gasteiger partial charge is 0.300 e. The van der Waals surface area contributed by atoms with Gasteiger partial charge >= 0.3 is 0 Å². The molecular formula is C24H44N2. The summed E-state index contributed by atoms with van der Waals surface area (Å²) in [5.74, 6) is 0.989. The topological polar surface area (TPSA) is 27.0 Å². The van der Waals surface area contributed by atoms with Crippen LogP contribution in [0.5, 0.6) is 0 Å². The molecule has 2 nitrogen and oxygen atoms in total. The van der Waals surface area contributed by atoms with E-state index < -0.39 is 0 Å². The zero-order valence-corrected chi connectivity index (χ0v) is 17.8. The highest BCUT2D eigenvalue weighted by atomic mass is 15.2. The Morgan fingerprint density at radius 2 is 1.46 bits per heavy atom. The van der Waals surface area contributed by atoms with Crippen LogP contribution < -0.4 is 0 Å². The van der Waals surface area contributed by atoms with Crippen molar-refractivity contribution >= 4 is 0 Å². The Balaban J connectivity index is 1.66. The Hall–Kier alpha value is -0.550. The van der Waals surface area contributed by atoms with Gasteiger partial charge in [-0.1, -0.05) is 71.6 Å². The molecule has 2 heteroatoms. The molecule has 1 heterocycles. The lowest BCUT2D eigenvalue weighted by Gasteiger charge is -2.43. The Morgan fingerprint density at radius 3 is 2.08 bits per heavy atom. The van der Waals surface area contributed by atoms with Crippen molar-refractivity contribution in [3.8, 4) is 6.07 Å². The lowest BCUT2D eigenvalue weighted by atomic mass is 9.70. The van der Waals surface area contributed by atoms with Crippen LogP contribution in [0.3, 0.4) is 0 Å². The molecule has 2 aliphatic rings. The maximum atomic E-state index is 9.81. The van der Waals surface area contributed by atoms with Gasteiger partial charge in [-0.15, -0.1) is 0 Å². The number of unbranched alkanes of at least 4 members (excludes halogenated alkanes) is 6. The van der Waals surface area contributed by atoms with Crippen molar-refractivity contribution in [1.82, 2.24) is 4.90 Å². The minimum Gasteiger partial charge on any atom is -0.300 e. The highest BCUT2D eigenvalue weighted by Crippen LogP contribution is 2.42. The summed E-state index contributed by atoms with van der Waals surface area (Å²) in [5.41, 5.74) is 0.0151. The van der Waals surface area contributed by atoms with E-state index in [4.69, 9.17) is 0 Å². The Kier molecular flexibility index (Phi) is 10.1. The van der Waals surface area contributed by atoms with Crippen molar-refractivity contribution in [2.24, 2.45) is 11.3 Å². The standard InChI is InChI=1S/C24H44N2/c1-3-5-7-8-10-16-24(21-25)17-12-23(13-18-24)26-19-14-22(15-20-26)11-9-6-4-2/h22-23H,3-20H2,1-2H3/t23-,24-. The van der Waals surface area contributed by atoms with E-state index in [1.807, 2.05) is 0 Å². The van der Waals surface area contributed by atoms with Gasteiger partial charge in [0.05, 0.1) is 11.5 Å². The second-order valence-corrected chi connectivity index (χ2v) is 9.26. The van der Waals surface area contributed by atoms with Gasteiger partial charge in [0.1, 0.15) is 0 Å². The van der Waals surface area contributed by atoms with Crippen LogP contribution in [-0.4, -0.2) is 24.0 Å². The summed E-state index contributed by atoms with van der Waals surface area (Å²) < 4.78 is 0. The summed E-state index contributed by atoms with van der Waals surface area (Å²) in [6.07, 6.45) is 21.1. The predicted octanol–water partition coefficient (Wildman–Crippen LogP) is 7.09. The molecule has 0 atom stereocenters. The first-order chi connectivity index (χ1) is 12.7. The number of likely N-dealkylation sites (tertiary alicyclic amines) is 1. The van der Waals surface area contributed by atoms with Crippen LogP contribution in [0.2, 0.25) is 0 Å². The van der Waals surface area contributed by atoms with Crippen LogP contribution in [0.25, 0.3) is 0 Å². The summed E-state index contributed by atoms with van der Waals surface area (Å²) in [6, 6.07) is 3.52. The number of piperidine rings is 1. The summed E-state index contributed by atoms with van der Waals surface area (Å²) in [4.78, 5) is 2.78. The van der Waals surface area contributed by atoms with E-state index in [-0.39, 0.29) is 5.41 Å². The van der Waals surface area contributed by atoms with Gasteiger partial charge < -0.3 is 4.90 Å². The van der Waals surface area contributed by atoms with Crippen molar-refractivity contribution in [3.63, 3.8) is 0 Å². The molecule has 0 radical (unpaired) electrons. The summed E-state index contributed by atoms with van der Waals surface area (Å²) in [6.45, 7) is 7.21. The van der Waals surface area contributed by atoms with Crippen LogP contribution in [0, 0.1) is 22.7 Å². The van der Waals surface area contributed by atoms with E-state index in [0.29, 0.717) is 0 Å². The Bertz CT molecular complexity index is 395. The molecule has 0 aromatic heterocycles. The quantitative estimate of drug-likeness (QED) is 0.368. The van der Waals surface area contributed by atoms with Gasteiger partial charge in [-0.2, -0.15) is 5.26 Å². The first-order valence-electron chi connectivity index (χ1n) is 11.9. The third-order valence-corrected chi connectivity index (χ3v) is 7.29. The monoisotopic (exact) mass is 360 g/mol. The fourth-order valence-electron chi connectivity index (χ4n) is 5.29. The lowest BCUT2D eigenvalue weighted by molar-refractivity contribution is 0.0754. The van der Waals surface area contributed by atoms with Crippen LogP contribution in [-0.2, 0) is 0 Å². The van der Waals surface area contributed by atoms with Crippen molar-refractivity contribution in [3.05, 3.63) is 0 Å². The molecule has 0 bridgehead atoms. The summed E-state index contributed by atoms with van der Waals surface area (Å²) >= 11 is 0. The molecule has 26 heavy (non-hydrogen) atoms. The van der Waals surface area contributed by atoms with Crippen molar-refractivity contribution in [2.75, 3.05) is 13.1 Å². The van der Waals surface area contributed by atoms with Gasteiger partial charge in [0.15, 0.2) is 0 Å². The molecule has 1 saturated carbocycles. The maximum Gasteiger partial charge on any atom is 0.0689 e. The molecular weight excluding hydrogens is 316 g/mol. The lowest BCUT2D eigenvalue weighted by Crippen LogP contribution is -2.44. The van der Waals surface area contributed by atoms with Gasteiger partial charge in [0, 0.05) is 6.04 Å². The van der Waals surface area contributed by atoms with E-state index in [1.165, 1.54) is 96.6 Å². The zero-order valence-electron chi connectivity index (χ0n) is 17.8. The molecule has 0 unspecified atom stereocenters. The Morgan fingerprint density at radius 1 is 0.846 bits per heavy atom. The third-order valence-electron chi connectivity index (χ3n) is 7.29. The van der Waals surface area contributed by atoms with Gasteiger partial charge in [0.2, 0.25) is 0 Å². The predicted molar refractivity (Wildman–Crippen MR) is 112 cm³/mol. The van der Waals surface area contributed by atoms with E-state index in [1.54, 1.807) is 0 Å². The van der Waals surface area contributed by atoms with Crippen LogP contribution in [0.1, 0.15) is 117 Å². The SMILES string of the molecule is CCCCCCC[C@]1(C#N)CC[C@H](N2CCC(CCCCC)CC2)CC1. The average Bonchev–Trinajstić information content (AvgIpc) is 2.69. The Labute approximate surface area is 163 Å². The minimum absolute atomic E-state index is 0.0151. The second kappa shape index (κ2) is 12.0. The number of hydrogen-bond acceptors (Lipinski definition) is 2. The number of nitriles is 1. The van der Waals surface area contributed by atoms with Crippen molar-refractivity contribution in [1.29, 1.82) is 5.26 Å². The highest BCUT2D eigenvalue weighted by molar-refractivity contribution is 5.03. The molecule has 0 amide bonds. The molecule has 1 saturated heterocycles. The van der Waals surface area contributed by atoms with E-state index in [2.05, 4.69) is 24.8 Å². The molecule has 150 valence electrons. The first-order valence-corrected chi connectivity index (χ1v) is 11.9. The van der Waals surface area contributed by atoms with Gasteiger partial charge in [0.25, 0.3) is 0 Å². The maximum absolute atomic E-state index is 9.81. The summed E-state index contributed by atoms with van der Waals surface area (Å²) in [5, 5.41) is 9.81. The van der Waals surface area contributed by atoms with E-state index in [9.17, 15) is 5.26 Å². The molecule has 0 N–H and O–H groups in total. The number of hydrogen-bond donors (Lipinski definition) is 0. The first kappa shape index (κ1) is 21.7. The molecule has 0 aromatic rings. The second-order valence-electron chi connectivity index (χ2n) is 9.26. The fraction of sp³-hybridized carbons (Fsp3) is 0.958. The third kappa shape index (κ3) is 6.88. The molecule has 0 spiro atoms. The van der Waals surface area contributed by atoms with Gasteiger partial charge in [-0.25, -0.2) is 0 Å². The van der Waals surface area contributed by atoms with Crippen molar-refractivity contribution < 1.29 is 0 Å². The summed E-state index contributed by atoms with van der Waals surface area (Å²) in [7, 11) is 0. The molecule has 2 rings (SSSR count). The number of nitrogens with zero attached hydrogens (tertiary/aromatic N) is 2. The molecule has 0 aromatic carbocycles. The number of rotatable bonds is 11. The van der Waals surface area contributed by atoms with E-state index >= 15 is 0 Å². The fourth-order valence-corrected chi connectivity index (χ4v) is 5.29. The average molecular weight is 361 g/mol. The van der Waals surface area contributed by atoms with Gasteiger partial charge in [-0.05, 0) is 64.0 Å².